The van der Waals surface area contributed by atoms with Gasteiger partial charge in [-0.15, -0.1) is 0 Å². The van der Waals surface area contributed by atoms with Gasteiger partial charge in [0, 0.05) is 24.5 Å². The third kappa shape index (κ3) is 3.00. The Labute approximate surface area is 158 Å². The molecule has 0 amide bonds. The van der Waals surface area contributed by atoms with E-state index >= 15 is 0 Å². The number of rotatable bonds is 4. The van der Waals surface area contributed by atoms with E-state index in [2.05, 4.69) is 20.1 Å². The van der Waals surface area contributed by atoms with E-state index in [1.165, 1.54) is 6.07 Å². The Morgan fingerprint density at radius 2 is 1.75 bits per heavy atom. The summed E-state index contributed by atoms with van der Waals surface area (Å²) in [7, 11) is 0. The number of imidazole rings is 1. The van der Waals surface area contributed by atoms with Crippen LogP contribution in [-0.4, -0.2) is 20.1 Å². The number of aromatic nitrogens is 4. The molecule has 2 aromatic heterocycles. The van der Waals surface area contributed by atoms with Gasteiger partial charge in [0.1, 0.15) is 17.2 Å². The molecule has 5 aromatic rings. The van der Waals surface area contributed by atoms with Gasteiger partial charge in [0.15, 0.2) is 11.6 Å². The molecule has 0 bridgehead atoms. The van der Waals surface area contributed by atoms with E-state index in [4.69, 9.17) is 4.52 Å². The maximum absolute atomic E-state index is 13.8. The topological polar surface area (TPSA) is 67.6 Å². The first-order valence-electron chi connectivity index (χ1n) is 8.81. The summed E-state index contributed by atoms with van der Waals surface area (Å²) in [6.07, 6.45) is 0.910. The molecule has 5 rings (SSSR count). The summed E-state index contributed by atoms with van der Waals surface area (Å²) in [6, 6.07) is 16.0. The Bertz CT molecular complexity index is 1310. The van der Waals surface area contributed by atoms with E-state index in [0.29, 0.717) is 35.9 Å². The number of benzene rings is 3. The standard InChI is InChI=1S/C21H14F2N4O/c22-15-10-16(23)20-17(11-15)24-18(25-20)7-8-19-26-21(28-27-19)14-6-5-12-3-1-2-4-13(12)9-14/h1-6,9-11H,7-8H2,(H,24,25). The summed E-state index contributed by atoms with van der Waals surface area (Å²) < 4.78 is 32.4. The van der Waals surface area contributed by atoms with Crippen molar-refractivity contribution >= 4 is 21.8 Å². The van der Waals surface area contributed by atoms with E-state index in [1.54, 1.807) is 0 Å². The number of fused-ring (bicyclic) bond motifs is 2. The molecule has 0 aliphatic rings. The Hall–Kier alpha value is -3.61. The molecule has 0 unspecified atom stereocenters. The molecular formula is C21H14F2N4O. The molecule has 0 saturated heterocycles. The Morgan fingerprint density at radius 1 is 0.893 bits per heavy atom. The lowest BCUT2D eigenvalue weighted by molar-refractivity contribution is 0.422. The van der Waals surface area contributed by atoms with E-state index in [-0.39, 0.29) is 5.52 Å². The van der Waals surface area contributed by atoms with Crippen LogP contribution in [0.25, 0.3) is 33.3 Å². The fourth-order valence-corrected chi connectivity index (χ4v) is 3.24. The van der Waals surface area contributed by atoms with Gasteiger partial charge in [0.05, 0.1) is 5.52 Å². The lowest BCUT2D eigenvalue weighted by atomic mass is 10.1. The lowest BCUT2D eigenvalue weighted by Gasteiger charge is -1.99. The monoisotopic (exact) mass is 376 g/mol. The van der Waals surface area contributed by atoms with E-state index in [1.807, 2.05) is 42.5 Å². The molecule has 0 aliphatic heterocycles. The van der Waals surface area contributed by atoms with E-state index in [0.717, 1.165) is 22.4 Å². The van der Waals surface area contributed by atoms with E-state index in [9.17, 15) is 8.78 Å². The minimum Gasteiger partial charge on any atom is -0.342 e. The van der Waals surface area contributed by atoms with Gasteiger partial charge in [-0.3, -0.25) is 0 Å². The molecule has 5 nitrogen and oxygen atoms in total. The zero-order valence-corrected chi connectivity index (χ0v) is 14.6. The third-order valence-electron chi connectivity index (χ3n) is 4.60. The summed E-state index contributed by atoms with van der Waals surface area (Å²) in [4.78, 5) is 11.5. The Balaban J connectivity index is 1.35. The van der Waals surface area contributed by atoms with Crippen molar-refractivity contribution < 1.29 is 13.3 Å². The largest absolute Gasteiger partial charge is 0.342 e. The fourth-order valence-electron chi connectivity index (χ4n) is 3.24. The minimum atomic E-state index is -0.685. The molecule has 138 valence electrons. The van der Waals surface area contributed by atoms with Gasteiger partial charge in [-0.2, -0.15) is 4.98 Å². The maximum Gasteiger partial charge on any atom is 0.257 e. The molecule has 0 atom stereocenters. The predicted molar refractivity (Wildman–Crippen MR) is 101 cm³/mol. The molecule has 2 heterocycles. The van der Waals surface area contributed by atoms with Crippen molar-refractivity contribution in [2.24, 2.45) is 0 Å². The van der Waals surface area contributed by atoms with Crippen molar-refractivity contribution in [2.75, 3.05) is 0 Å². The zero-order chi connectivity index (χ0) is 19.1. The van der Waals surface area contributed by atoms with Gasteiger partial charge in [-0.25, -0.2) is 13.8 Å². The molecule has 0 saturated carbocycles. The number of nitrogens with zero attached hydrogens (tertiary/aromatic N) is 3. The second kappa shape index (κ2) is 6.53. The predicted octanol–water partition coefficient (Wildman–Crippen LogP) is 4.83. The highest BCUT2D eigenvalue weighted by Crippen LogP contribution is 2.23. The highest BCUT2D eigenvalue weighted by molar-refractivity contribution is 5.86. The number of H-pyrrole nitrogens is 1. The van der Waals surface area contributed by atoms with Crippen LogP contribution < -0.4 is 0 Å². The van der Waals surface area contributed by atoms with Crippen LogP contribution in [0.15, 0.2) is 59.1 Å². The zero-order valence-electron chi connectivity index (χ0n) is 14.6. The molecule has 3 aromatic carbocycles. The van der Waals surface area contributed by atoms with Crippen LogP contribution in [0.5, 0.6) is 0 Å². The molecule has 0 fully saturated rings. The molecular weight excluding hydrogens is 362 g/mol. The van der Waals surface area contributed by atoms with Crippen LogP contribution in [0.3, 0.4) is 0 Å². The summed E-state index contributed by atoms with van der Waals surface area (Å²) in [5.41, 5.74) is 1.30. The highest BCUT2D eigenvalue weighted by Gasteiger charge is 2.13. The number of hydrogen-bond donors (Lipinski definition) is 1. The van der Waals surface area contributed by atoms with Crippen molar-refractivity contribution in [3.8, 4) is 11.5 Å². The number of halogens is 2. The SMILES string of the molecule is Fc1cc(F)c2nc(CCc3noc(-c4ccc5ccccc5c4)n3)[nH]c2c1. The summed E-state index contributed by atoms with van der Waals surface area (Å²) >= 11 is 0. The highest BCUT2D eigenvalue weighted by atomic mass is 19.1. The van der Waals surface area contributed by atoms with Crippen LogP contribution in [0.4, 0.5) is 8.78 Å². The number of hydrogen-bond acceptors (Lipinski definition) is 4. The van der Waals surface area contributed by atoms with Crippen LogP contribution in [0.1, 0.15) is 11.6 Å². The Morgan fingerprint density at radius 3 is 2.64 bits per heavy atom. The number of nitrogens with one attached hydrogen (secondary N) is 1. The van der Waals surface area contributed by atoms with Crippen molar-refractivity contribution in [2.45, 2.75) is 12.8 Å². The second-order valence-corrected chi connectivity index (χ2v) is 6.54. The summed E-state index contributed by atoms with van der Waals surface area (Å²) in [6.45, 7) is 0. The van der Waals surface area contributed by atoms with Gasteiger partial charge in [0.2, 0.25) is 0 Å². The van der Waals surface area contributed by atoms with Gasteiger partial charge in [-0.05, 0) is 29.0 Å². The normalized spacial score (nSPS) is 11.5. The van der Waals surface area contributed by atoms with Crippen LogP contribution in [0.2, 0.25) is 0 Å². The van der Waals surface area contributed by atoms with Crippen molar-refractivity contribution in [3.63, 3.8) is 0 Å². The number of aromatic amines is 1. The van der Waals surface area contributed by atoms with Gasteiger partial charge < -0.3 is 9.51 Å². The van der Waals surface area contributed by atoms with Crippen molar-refractivity contribution in [3.05, 3.63) is 77.9 Å². The molecule has 0 aliphatic carbocycles. The van der Waals surface area contributed by atoms with E-state index < -0.39 is 11.6 Å². The first-order chi connectivity index (χ1) is 13.7. The van der Waals surface area contributed by atoms with Crippen molar-refractivity contribution in [1.29, 1.82) is 0 Å². The molecule has 0 spiro atoms. The maximum atomic E-state index is 13.8. The number of aryl methyl sites for hydroxylation is 2. The van der Waals surface area contributed by atoms with Gasteiger partial charge in [-0.1, -0.05) is 35.5 Å². The quantitative estimate of drug-likeness (QED) is 0.488. The smallest absolute Gasteiger partial charge is 0.257 e. The average Bonchev–Trinajstić information content (AvgIpc) is 3.33. The second-order valence-electron chi connectivity index (χ2n) is 6.54. The minimum absolute atomic E-state index is 0.126. The third-order valence-corrected chi connectivity index (χ3v) is 4.60. The van der Waals surface area contributed by atoms with Crippen LogP contribution >= 0.6 is 0 Å². The van der Waals surface area contributed by atoms with Gasteiger partial charge in [0.25, 0.3) is 5.89 Å². The molecule has 1 N–H and O–H groups in total. The van der Waals surface area contributed by atoms with Gasteiger partial charge >= 0.3 is 0 Å². The summed E-state index contributed by atoms with van der Waals surface area (Å²) in [5, 5.41) is 6.24. The van der Waals surface area contributed by atoms with Crippen molar-refractivity contribution in [1.82, 2.24) is 20.1 Å². The fraction of sp³-hybridized carbons (Fsp3) is 0.0952. The molecule has 7 heteroatoms. The van der Waals surface area contributed by atoms with Crippen LogP contribution in [-0.2, 0) is 12.8 Å². The molecule has 28 heavy (non-hydrogen) atoms. The lowest BCUT2D eigenvalue weighted by Crippen LogP contribution is -1.95. The molecule has 0 radical (unpaired) electrons. The first-order valence-corrected chi connectivity index (χ1v) is 8.81. The Kier molecular flexibility index (Phi) is 3.86. The van der Waals surface area contributed by atoms with Crippen LogP contribution in [0, 0.1) is 11.6 Å². The average molecular weight is 376 g/mol. The summed E-state index contributed by atoms with van der Waals surface area (Å²) in [5.74, 6) is 0.180. The first kappa shape index (κ1) is 16.6.